The summed E-state index contributed by atoms with van der Waals surface area (Å²) in [4.78, 5) is 8.08. The first-order valence-electron chi connectivity index (χ1n) is 5.96. The zero-order chi connectivity index (χ0) is 14.5. The molecule has 0 radical (unpaired) electrons. The number of hydrogen-bond donors (Lipinski definition) is 3. The van der Waals surface area contributed by atoms with Gasteiger partial charge in [0.1, 0.15) is 23.8 Å². The van der Waals surface area contributed by atoms with E-state index in [0.717, 1.165) is 11.6 Å². The van der Waals surface area contributed by atoms with E-state index in [9.17, 15) is 4.39 Å². The summed E-state index contributed by atoms with van der Waals surface area (Å²) in [5, 5.41) is 11.6. The quantitative estimate of drug-likeness (QED) is 0.582. The largest absolute Gasteiger partial charge is 0.337 e. The number of benzene rings is 1. The van der Waals surface area contributed by atoms with Gasteiger partial charge in [-0.1, -0.05) is 6.92 Å². The Balaban J connectivity index is 2.38. The van der Waals surface area contributed by atoms with Crippen LogP contribution >= 0.6 is 0 Å². The Bertz CT molecular complexity index is 664. The number of halogens is 1. The van der Waals surface area contributed by atoms with Gasteiger partial charge in [-0.3, -0.25) is 0 Å². The normalized spacial score (nSPS) is 9.90. The van der Waals surface area contributed by atoms with Crippen molar-refractivity contribution >= 4 is 17.3 Å². The Kier molecular flexibility index (Phi) is 4.08. The highest BCUT2D eigenvalue weighted by Gasteiger charge is 2.11. The van der Waals surface area contributed by atoms with Crippen molar-refractivity contribution in [3.8, 4) is 6.07 Å². The van der Waals surface area contributed by atoms with Gasteiger partial charge in [0.25, 0.3) is 0 Å². The summed E-state index contributed by atoms with van der Waals surface area (Å²) in [5.74, 6) is 5.81. The van der Waals surface area contributed by atoms with Gasteiger partial charge in [0.15, 0.2) is 0 Å². The fraction of sp³-hybridized carbons (Fsp3) is 0.154. The zero-order valence-electron chi connectivity index (χ0n) is 10.8. The molecule has 2 aromatic rings. The molecule has 2 rings (SSSR count). The molecule has 4 N–H and O–H groups in total. The summed E-state index contributed by atoms with van der Waals surface area (Å²) < 4.78 is 13.8. The van der Waals surface area contributed by atoms with Crippen molar-refractivity contribution < 1.29 is 4.39 Å². The smallest absolute Gasteiger partial charge is 0.148 e. The van der Waals surface area contributed by atoms with Gasteiger partial charge in [-0.05, 0) is 24.6 Å². The molecular formula is C13H13FN6. The van der Waals surface area contributed by atoms with Crippen LogP contribution in [-0.4, -0.2) is 9.97 Å². The molecule has 20 heavy (non-hydrogen) atoms. The van der Waals surface area contributed by atoms with Gasteiger partial charge in [-0.2, -0.15) is 5.26 Å². The molecule has 1 aromatic heterocycles. The molecule has 0 amide bonds. The number of hydrogen-bond acceptors (Lipinski definition) is 6. The van der Waals surface area contributed by atoms with Crippen molar-refractivity contribution in [1.29, 1.82) is 5.26 Å². The molecule has 1 heterocycles. The number of hydrazine groups is 1. The predicted molar refractivity (Wildman–Crippen MR) is 73.6 cm³/mol. The Hall–Kier alpha value is -2.72. The van der Waals surface area contributed by atoms with Crippen LogP contribution < -0.4 is 16.6 Å². The maximum Gasteiger partial charge on any atom is 0.148 e. The minimum Gasteiger partial charge on any atom is -0.337 e. The summed E-state index contributed by atoms with van der Waals surface area (Å²) >= 11 is 0. The van der Waals surface area contributed by atoms with Crippen LogP contribution in [0.1, 0.15) is 18.1 Å². The molecule has 1 aromatic carbocycles. The summed E-state index contributed by atoms with van der Waals surface area (Å²) in [6, 6.07) is 6.06. The summed E-state index contributed by atoms with van der Waals surface area (Å²) in [6.07, 6.45) is 1.96. The maximum absolute atomic E-state index is 13.8. The average molecular weight is 272 g/mol. The van der Waals surface area contributed by atoms with Gasteiger partial charge in [0.2, 0.25) is 0 Å². The van der Waals surface area contributed by atoms with E-state index in [2.05, 4.69) is 20.7 Å². The molecule has 0 bridgehead atoms. The third kappa shape index (κ3) is 2.65. The lowest BCUT2D eigenvalue weighted by Crippen LogP contribution is -2.13. The highest BCUT2D eigenvalue weighted by molar-refractivity contribution is 5.65. The number of nitrogens with one attached hydrogen (secondary N) is 2. The standard InChI is InChI=1S/C13H13FN6/c1-2-9-12(17-7-18-13(9)20-16)19-11-4-3-8(6-15)5-10(11)14/h3-5,7H,2,16H2,1H3,(H2,17,18,19,20). The van der Waals surface area contributed by atoms with Gasteiger partial charge in [0, 0.05) is 5.56 Å². The summed E-state index contributed by atoms with van der Waals surface area (Å²) in [6.45, 7) is 1.92. The minimum absolute atomic E-state index is 0.236. The molecule has 0 atom stereocenters. The Labute approximate surface area is 115 Å². The first-order valence-corrected chi connectivity index (χ1v) is 5.96. The fourth-order valence-corrected chi connectivity index (χ4v) is 1.79. The lowest BCUT2D eigenvalue weighted by Gasteiger charge is -2.13. The number of nitriles is 1. The number of nitrogen functional groups attached to an aromatic ring is 1. The van der Waals surface area contributed by atoms with Crippen LogP contribution in [0.2, 0.25) is 0 Å². The number of aromatic nitrogens is 2. The Morgan fingerprint density at radius 3 is 2.70 bits per heavy atom. The molecule has 6 nitrogen and oxygen atoms in total. The zero-order valence-corrected chi connectivity index (χ0v) is 10.8. The number of rotatable bonds is 4. The van der Waals surface area contributed by atoms with Crippen LogP contribution in [0.25, 0.3) is 0 Å². The summed E-state index contributed by atoms with van der Waals surface area (Å²) in [7, 11) is 0. The predicted octanol–water partition coefficient (Wildman–Crippen LogP) is 2.08. The fourth-order valence-electron chi connectivity index (χ4n) is 1.79. The highest BCUT2D eigenvalue weighted by Crippen LogP contribution is 2.25. The van der Waals surface area contributed by atoms with Crippen molar-refractivity contribution in [3.63, 3.8) is 0 Å². The van der Waals surface area contributed by atoms with Crippen LogP contribution in [0, 0.1) is 17.1 Å². The number of nitrogens with zero attached hydrogens (tertiary/aromatic N) is 3. The number of nitrogens with two attached hydrogens (primary N) is 1. The van der Waals surface area contributed by atoms with Gasteiger partial charge < -0.3 is 10.7 Å². The molecular weight excluding hydrogens is 259 g/mol. The Morgan fingerprint density at radius 1 is 1.35 bits per heavy atom. The van der Waals surface area contributed by atoms with Crippen LogP contribution in [0.4, 0.5) is 21.7 Å². The second kappa shape index (κ2) is 5.95. The van der Waals surface area contributed by atoms with Gasteiger partial charge in [-0.15, -0.1) is 0 Å². The van der Waals surface area contributed by atoms with Gasteiger partial charge >= 0.3 is 0 Å². The molecule has 7 heteroatoms. The van der Waals surface area contributed by atoms with Gasteiger partial charge in [-0.25, -0.2) is 20.2 Å². The van der Waals surface area contributed by atoms with E-state index in [0.29, 0.717) is 18.1 Å². The SMILES string of the molecule is CCc1c(NN)ncnc1Nc1ccc(C#N)cc1F. The lowest BCUT2D eigenvalue weighted by atomic mass is 10.2. The van der Waals surface area contributed by atoms with Crippen molar-refractivity contribution in [2.45, 2.75) is 13.3 Å². The molecule has 0 saturated heterocycles. The second-order valence-corrected chi connectivity index (χ2v) is 3.98. The molecule has 0 aliphatic rings. The molecule has 0 fully saturated rings. The van der Waals surface area contributed by atoms with E-state index in [4.69, 9.17) is 11.1 Å². The van der Waals surface area contributed by atoms with E-state index in [-0.39, 0.29) is 11.3 Å². The van der Waals surface area contributed by atoms with Gasteiger partial charge in [0.05, 0.1) is 17.3 Å². The molecule has 102 valence electrons. The van der Waals surface area contributed by atoms with E-state index < -0.39 is 5.82 Å². The third-order valence-electron chi connectivity index (χ3n) is 2.79. The highest BCUT2D eigenvalue weighted by atomic mass is 19.1. The molecule has 0 unspecified atom stereocenters. The van der Waals surface area contributed by atoms with Crippen molar-refractivity contribution in [1.82, 2.24) is 9.97 Å². The second-order valence-electron chi connectivity index (χ2n) is 3.98. The van der Waals surface area contributed by atoms with Crippen molar-refractivity contribution in [3.05, 3.63) is 41.5 Å². The Morgan fingerprint density at radius 2 is 2.10 bits per heavy atom. The molecule has 0 saturated carbocycles. The maximum atomic E-state index is 13.8. The molecule has 0 spiro atoms. The van der Waals surface area contributed by atoms with E-state index in [1.54, 1.807) is 0 Å². The lowest BCUT2D eigenvalue weighted by molar-refractivity contribution is 0.631. The van der Waals surface area contributed by atoms with E-state index >= 15 is 0 Å². The van der Waals surface area contributed by atoms with Crippen molar-refractivity contribution in [2.24, 2.45) is 5.84 Å². The first-order chi connectivity index (χ1) is 9.69. The van der Waals surface area contributed by atoms with E-state index in [1.807, 2.05) is 13.0 Å². The van der Waals surface area contributed by atoms with E-state index in [1.165, 1.54) is 18.5 Å². The third-order valence-corrected chi connectivity index (χ3v) is 2.79. The van der Waals surface area contributed by atoms with Crippen LogP contribution in [0.3, 0.4) is 0 Å². The summed E-state index contributed by atoms with van der Waals surface area (Å²) in [5.41, 5.74) is 3.72. The minimum atomic E-state index is -0.521. The first kappa shape index (κ1) is 13.7. The van der Waals surface area contributed by atoms with Crippen LogP contribution in [0.15, 0.2) is 24.5 Å². The molecule has 0 aliphatic carbocycles. The topological polar surface area (TPSA) is 99.7 Å². The number of anilines is 3. The van der Waals surface area contributed by atoms with Crippen molar-refractivity contribution in [2.75, 3.05) is 10.7 Å². The van der Waals surface area contributed by atoms with Crippen LogP contribution in [0.5, 0.6) is 0 Å². The average Bonchev–Trinajstić information content (AvgIpc) is 2.48. The van der Waals surface area contributed by atoms with Crippen LogP contribution in [-0.2, 0) is 6.42 Å². The monoisotopic (exact) mass is 272 g/mol. The molecule has 0 aliphatic heterocycles.